The average molecular weight is 509 g/mol. The van der Waals surface area contributed by atoms with Crippen LogP contribution < -0.4 is 5.32 Å². The second-order valence-corrected chi connectivity index (χ2v) is 10.9. The molecule has 2 atom stereocenters. The van der Waals surface area contributed by atoms with E-state index >= 15 is 4.39 Å². The van der Waals surface area contributed by atoms with E-state index in [1.807, 2.05) is 58.9 Å². The van der Waals surface area contributed by atoms with Crippen LogP contribution in [0.1, 0.15) is 37.2 Å². The summed E-state index contributed by atoms with van der Waals surface area (Å²) in [5.74, 6) is 0.0341. The topological polar surface area (TPSA) is 58.1 Å². The Bertz CT molecular complexity index is 1660. The Kier molecular flexibility index (Phi) is 5.39. The maximum absolute atomic E-state index is 15.5. The Hall–Kier alpha value is -3.84. The number of fused-ring (bicyclic) bond motifs is 3. The van der Waals surface area contributed by atoms with E-state index in [-0.39, 0.29) is 17.6 Å². The zero-order valence-electron chi connectivity index (χ0n) is 20.2. The smallest absolute Gasteiger partial charge is 0.223 e. The van der Waals surface area contributed by atoms with Crippen molar-refractivity contribution in [3.63, 3.8) is 0 Å². The highest BCUT2D eigenvalue weighted by Crippen LogP contribution is 2.39. The number of piperidine rings is 1. The minimum atomic E-state index is -0.259. The lowest BCUT2D eigenvalue weighted by Crippen LogP contribution is -2.41. The zero-order valence-corrected chi connectivity index (χ0v) is 21.0. The van der Waals surface area contributed by atoms with E-state index in [4.69, 9.17) is 0 Å². The molecule has 2 fully saturated rings. The van der Waals surface area contributed by atoms with Crippen LogP contribution in [0.4, 0.5) is 15.8 Å². The lowest BCUT2D eigenvalue weighted by atomic mass is 9.84. The quantitative estimate of drug-likeness (QED) is 0.278. The molecule has 7 heteroatoms. The molecule has 2 saturated heterocycles. The van der Waals surface area contributed by atoms with E-state index < -0.39 is 0 Å². The number of benzene rings is 3. The van der Waals surface area contributed by atoms with Crippen LogP contribution in [0, 0.1) is 5.82 Å². The third-order valence-electron chi connectivity index (χ3n) is 7.80. The maximum atomic E-state index is 15.5. The van der Waals surface area contributed by atoms with Crippen LogP contribution in [0.2, 0.25) is 0 Å². The molecule has 7 rings (SSSR count). The van der Waals surface area contributed by atoms with E-state index in [0.29, 0.717) is 18.0 Å². The number of halogens is 1. The molecule has 4 heterocycles. The summed E-state index contributed by atoms with van der Waals surface area (Å²) in [5.41, 5.74) is 7.74. The van der Waals surface area contributed by atoms with Gasteiger partial charge in [0.15, 0.2) is 0 Å². The molecule has 2 aromatic heterocycles. The van der Waals surface area contributed by atoms with Crippen molar-refractivity contribution in [1.29, 1.82) is 0 Å². The van der Waals surface area contributed by atoms with Gasteiger partial charge in [-0.2, -0.15) is 0 Å². The number of hydrogen-bond acceptors (Lipinski definition) is 5. The first-order chi connectivity index (χ1) is 18.1. The van der Waals surface area contributed by atoms with Crippen LogP contribution in [0.5, 0.6) is 0 Å². The number of nitrogens with zero attached hydrogens (tertiary/aromatic N) is 3. The third-order valence-corrected chi connectivity index (χ3v) is 8.61. The van der Waals surface area contributed by atoms with Gasteiger partial charge in [-0.3, -0.25) is 9.78 Å². The molecule has 2 unspecified atom stereocenters. The number of aromatic nitrogens is 2. The fourth-order valence-electron chi connectivity index (χ4n) is 5.94. The van der Waals surface area contributed by atoms with Gasteiger partial charge in [0.05, 0.1) is 21.2 Å². The van der Waals surface area contributed by atoms with Crippen LogP contribution in [-0.4, -0.2) is 33.4 Å². The average Bonchev–Trinajstić information content (AvgIpc) is 3.58. The summed E-state index contributed by atoms with van der Waals surface area (Å²) in [6.07, 6.45) is 5.30. The Balaban J connectivity index is 1.20. The van der Waals surface area contributed by atoms with Gasteiger partial charge in [-0.05, 0) is 78.8 Å². The molecule has 0 aliphatic carbocycles. The fourth-order valence-corrected chi connectivity index (χ4v) is 6.59. The number of thiazole rings is 1. The van der Waals surface area contributed by atoms with Crippen molar-refractivity contribution < 1.29 is 9.18 Å². The number of amides is 1. The van der Waals surface area contributed by atoms with Crippen molar-refractivity contribution in [3.05, 3.63) is 83.8 Å². The van der Waals surface area contributed by atoms with Gasteiger partial charge in [-0.15, -0.1) is 11.3 Å². The molecule has 0 bridgehead atoms. The minimum absolute atomic E-state index is 0.0852. The van der Waals surface area contributed by atoms with Gasteiger partial charge in [-0.1, -0.05) is 18.2 Å². The molecule has 0 spiro atoms. The third kappa shape index (κ3) is 4.03. The number of hydrogen-bond donors (Lipinski definition) is 1. The Morgan fingerprint density at radius 1 is 1.00 bits per heavy atom. The molecule has 5 nitrogen and oxygen atoms in total. The molecular formula is C30H25FN4OS. The molecule has 184 valence electrons. The predicted molar refractivity (Wildman–Crippen MR) is 147 cm³/mol. The first-order valence-electron chi connectivity index (χ1n) is 12.7. The SMILES string of the molecule is O=C1CC(c2ccc(-c3ccc4nccc(Nc5ccc6scnc6c5)c4c3)c(F)c2)CC2CCCN12. The normalized spacial score (nSPS) is 19.5. The summed E-state index contributed by atoms with van der Waals surface area (Å²) in [7, 11) is 0. The Morgan fingerprint density at radius 3 is 2.86 bits per heavy atom. The first-order valence-corrected chi connectivity index (χ1v) is 13.6. The number of carbonyl (C=O) groups is 1. The van der Waals surface area contributed by atoms with E-state index in [0.717, 1.165) is 69.4 Å². The number of anilines is 2. The van der Waals surface area contributed by atoms with Crippen LogP contribution in [-0.2, 0) is 4.79 Å². The van der Waals surface area contributed by atoms with Crippen molar-refractivity contribution in [2.45, 2.75) is 37.6 Å². The fraction of sp³-hybridized carbons (Fsp3) is 0.233. The van der Waals surface area contributed by atoms with Crippen molar-refractivity contribution in [3.8, 4) is 11.1 Å². The van der Waals surface area contributed by atoms with Crippen LogP contribution in [0.15, 0.2) is 72.4 Å². The molecule has 5 aromatic rings. The first kappa shape index (κ1) is 22.4. The monoisotopic (exact) mass is 508 g/mol. The summed E-state index contributed by atoms with van der Waals surface area (Å²) in [6, 6.07) is 19.7. The summed E-state index contributed by atoms with van der Waals surface area (Å²) in [5, 5.41) is 4.41. The second-order valence-electron chi connectivity index (χ2n) is 10.0. The lowest BCUT2D eigenvalue weighted by molar-refractivity contribution is -0.135. The molecule has 2 aliphatic heterocycles. The van der Waals surface area contributed by atoms with Crippen molar-refractivity contribution in [2.24, 2.45) is 0 Å². The van der Waals surface area contributed by atoms with Gasteiger partial charge in [0.2, 0.25) is 5.91 Å². The Morgan fingerprint density at radius 2 is 1.95 bits per heavy atom. The largest absolute Gasteiger partial charge is 0.355 e. The molecule has 0 saturated carbocycles. The van der Waals surface area contributed by atoms with E-state index in [1.165, 1.54) is 0 Å². The van der Waals surface area contributed by atoms with Gasteiger partial charge in [0.1, 0.15) is 5.82 Å². The standard InChI is InChI=1S/C30H25FN4OS/c31-25-14-18(20-12-22-2-1-11-35(22)30(36)15-20)3-6-23(25)19-4-7-26-24(13-19)27(9-10-32-26)34-21-5-8-29-28(16-21)33-17-37-29/h3-10,13-14,16-17,20,22H,1-2,11-12,15H2,(H,32,34). The van der Waals surface area contributed by atoms with Gasteiger partial charge >= 0.3 is 0 Å². The highest BCUT2D eigenvalue weighted by atomic mass is 32.1. The highest BCUT2D eigenvalue weighted by Gasteiger charge is 2.37. The van der Waals surface area contributed by atoms with Gasteiger partial charge in [0, 0.05) is 47.5 Å². The zero-order chi connectivity index (χ0) is 24.9. The van der Waals surface area contributed by atoms with Gasteiger partial charge in [0.25, 0.3) is 0 Å². The predicted octanol–water partition coefficient (Wildman–Crippen LogP) is 7.26. The molecular weight excluding hydrogens is 483 g/mol. The number of nitrogens with one attached hydrogen (secondary N) is 1. The van der Waals surface area contributed by atoms with E-state index in [1.54, 1.807) is 23.6 Å². The summed E-state index contributed by atoms with van der Waals surface area (Å²) < 4.78 is 16.6. The van der Waals surface area contributed by atoms with Crippen LogP contribution >= 0.6 is 11.3 Å². The molecule has 2 aliphatic rings. The maximum Gasteiger partial charge on any atom is 0.223 e. The van der Waals surface area contributed by atoms with Gasteiger partial charge in [-0.25, -0.2) is 9.37 Å². The van der Waals surface area contributed by atoms with Gasteiger partial charge < -0.3 is 10.2 Å². The number of pyridine rings is 1. The molecule has 1 amide bonds. The van der Waals surface area contributed by atoms with E-state index in [2.05, 4.69) is 21.4 Å². The second kappa shape index (κ2) is 8.92. The van der Waals surface area contributed by atoms with Crippen LogP contribution in [0.25, 0.3) is 32.2 Å². The van der Waals surface area contributed by atoms with Crippen LogP contribution in [0.3, 0.4) is 0 Å². The Labute approximate surface area is 218 Å². The summed E-state index contributed by atoms with van der Waals surface area (Å²) >= 11 is 1.62. The van der Waals surface area contributed by atoms with Crippen molar-refractivity contribution in [1.82, 2.24) is 14.9 Å². The molecule has 3 aromatic carbocycles. The van der Waals surface area contributed by atoms with Crippen molar-refractivity contribution in [2.75, 3.05) is 11.9 Å². The molecule has 1 N–H and O–H groups in total. The summed E-state index contributed by atoms with van der Waals surface area (Å²) in [4.78, 5) is 23.5. The minimum Gasteiger partial charge on any atom is -0.355 e. The van der Waals surface area contributed by atoms with Crippen molar-refractivity contribution >= 4 is 49.7 Å². The van der Waals surface area contributed by atoms with E-state index in [9.17, 15) is 4.79 Å². The number of carbonyl (C=O) groups excluding carboxylic acids is 1. The lowest BCUT2D eigenvalue weighted by Gasteiger charge is -2.34. The number of rotatable bonds is 4. The highest BCUT2D eigenvalue weighted by molar-refractivity contribution is 7.16. The summed E-state index contributed by atoms with van der Waals surface area (Å²) in [6.45, 7) is 0.872. The molecule has 0 radical (unpaired) electrons. The molecule has 37 heavy (non-hydrogen) atoms.